The summed E-state index contributed by atoms with van der Waals surface area (Å²) in [5, 5.41) is 6.25. The van der Waals surface area contributed by atoms with Gasteiger partial charge in [0.1, 0.15) is 0 Å². The molecule has 0 bridgehead atoms. The molecule has 1 rings (SSSR count). The van der Waals surface area contributed by atoms with E-state index in [9.17, 15) is 0 Å². The van der Waals surface area contributed by atoms with Crippen LogP contribution in [-0.2, 0) is 8.85 Å². The zero-order valence-corrected chi connectivity index (χ0v) is 12.0. The van der Waals surface area contributed by atoms with Gasteiger partial charge in [0.2, 0.25) is 0 Å². The van der Waals surface area contributed by atoms with Crippen molar-refractivity contribution in [3.63, 3.8) is 0 Å². The van der Waals surface area contributed by atoms with Gasteiger partial charge in [0.15, 0.2) is 0 Å². The van der Waals surface area contributed by atoms with Crippen LogP contribution in [0.5, 0.6) is 0 Å². The largest absolute Gasteiger partial charge is 0.422 e. The zero-order valence-electron chi connectivity index (χ0n) is 11.0. The Kier molecular flexibility index (Phi) is 5.84. The average Bonchev–Trinajstić information content (AvgIpc) is 2.30. The molecule has 2 atom stereocenters. The van der Waals surface area contributed by atoms with Crippen LogP contribution in [0.2, 0.25) is 6.04 Å². The van der Waals surface area contributed by atoms with Gasteiger partial charge in [-0.1, -0.05) is 43.7 Å². The molecule has 0 saturated carbocycles. The fraction of sp³-hybridized carbons (Fsp3) is 0.538. The van der Waals surface area contributed by atoms with Gasteiger partial charge in [0, 0.05) is 12.7 Å². The normalized spacial score (nSPS) is 16.5. The molecule has 0 aliphatic heterocycles. The highest BCUT2D eigenvalue weighted by atomic mass is 28.4. The lowest BCUT2D eigenvalue weighted by Gasteiger charge is -2.28. The molecule has 0 aromatic heterocycles. The van der Waals surface area contributed by atoms with Crippen molar-refractivity contribution >= 4 is 8.72 Å². The summed E-state index contributed by atoms with van der Waals surface area (Å²) in [6, 6.07) is 11.0. The summed E-state index contributed by atoms with van der Waals surface area (Å²) in [5.41, 5.74) is 1.14. The smallest absolute Gasteiger partial charge is 0.383 e. The summed E-state index contributed by atoms with van der Waals surface area (Å²) in [6.07, 6.45) is 0.982. The second-order valence-electron chi connectivity index (χ2n) is 4.17. The van der Waals surface area contributed by atoms with Crippen LogP contribution < -0.4 is 5.40 Å². The fourth-order valence-electron chi connectivity index (χ4n) is 1.85. The molecule has 2 N–H and O–H groups in total. The maximum atomic E-state index is 6.25. The number of hydrogen-bond acceptors (Lipinski definition) is 3. The molecule has 2 unspecified atom stereocenters. The standard InChI is InChI=1S/C13H23NO2Si/c1-4-11-17(14,15-5-2)16-12(3)13-9-7-6-8-10-13/h6-10,12H,4-5,11,14H2,1-3H3. The molecule has 0 spiro atoms. The Morgan fingerprint density at radius 3 is 2.41 bits per heavy atom. The first-order valence-corrected chi connectivity index (χ1v) is 8.37. The quantitative estimate of drug-likeness (QED) is 0.759. The van der Waals surface area contributed by atoms with Crippen molar-refractivity contribution < 1.29 is 8.85 Å². The van der Waals surface area contributed by atoms with Gasteiger partial charge in [-0.2, -0.15) is 0 Å². The first-order valence-electron chi connectivity index (χ1n) is 6.27. The van der Waals surface area contributed by atoms with E-state index in [0.29, 0.717) is 6.61 Å². The Labute approximate surface area is 105 Å². The van der Waals surface area contributed by atoms with Crippen LogP contribution in [0, 0.1) is 0 Å². The van der Waals surface area contributed by atoms with Crippen LogP contribution >= 0.6 is 0 Å². The van der Waals surface area contributed by atoms with E-state index < -0.39 is 8.72 Å². The molecule has 0 radical (unpaired) electrons. The van der Waals surface area contributed by atoms with Crippen molar-refractivity contribution in [2.75, 3.05) is 6.61 Å². The predicted molar refractivity (Wildman–Crippen MR) is 72.6 cm³/mol. The van der Waals surface area contributed by atoms with Gasteiger partial charge in [-0.25, -0.2) is 0 Å². The van der Waals surface area contributed by atoms with Crippen molar-refractivity contribution in [1.82, 2.24) is 0 Å². The van der Waals surface area contributed by atoms with Crippen molar-refractivity contribution in [3.05, 3.63) is 35.9 Å². The molecule has 0 aliphatic carbocycles. The van der Waals surface area contributed by atoms with Gasteiger partial charge < -0.3 is 14.3 Å². The monoisotopic (exact) mass is 253 g/mol. The highest BCUT2D eigenvalue weighted by Gasteiger charge is 2.34. The van der Waals surface area contributed by atoms with Crippen LogP contribution in [0.4, 0.5) is 0 Å². The van der Waals surface area contributed by atoms with E-state index in [1.807, 2.05) is 32.0 Å². The highest BCUT2D eigenvalue weighted by Crippen LogP contribution is 2.22. The van der Waals surface area contributed by atoms with Crippen molar-refractivity contribution in [1.29, 1.82) is 0 Å². The molecular weight excluding hydrogens is 230 g/mol. The van der Waals surface area contributed by atoms with Gasteiger partial charge in [-0.15, -0.1) is 0 Å². The molecule has 0 saturated heterocycles. The van der Waals surface area contributed by atoms with E-state index in [1.54, 1.807) is 0 Å². The van der Waals surface area contributed by atoms with Crippen LogP contribution in [-0.4, -0.2) is 15.3 Å². The molecule has 3 nitrogen and oxygen atoms in total. The second kappa shape index (κ2) is 6.91. The van der Waals surface area contributed by atoms with Gasteiger partial charge in [0.25, 0.3) is 0 Å². The molecule has 1 aromatic rings. The van der Waals surface area contributed by atoms with Gasteiger partial charge >= 0.3 is 8.72 Å². The third kappa shape index (κ3) is 4.59. The zero-order chi connectivity index (χ0) is 12.7. The number of nitrogens with two attached hydrogens (primary N) is 1. The first-order chi connectivity index (χ1) is 8.11. The molecule has 0 heterocycles. The van der Waals surface area contributed by atoms with Gasteiger partial charge in [-0.3, -0.25) is 0 Å². The number of rotatable bonds is 7. The lowest BCUT2D eigenvalue weighted by molar-refractivity contribution is 0.127. The lowest BCUT2D eigenvalue weighted by Crippen LogP contribution is -2.52. The van der Waals surface area contributed by atoms with Crippen LogP contribution in [0.15, 0.2) is 30.3 Å². The minimum Gasteiger partial charge on any atom is -0.383 e. The second-order valence-corrected chi connectivity index (χ2v) is 6.81. The average molecular weight is 253 g/mol. The highest BCUT2D eigenvalue weighted by molar-refractivity contribution is 6.64. The Hall–Kier alpha value is -0.683. The van der Waals surface area contributed by atoms with Crippen molar-refractivity contribution in [2.45, 2.75) is 39.3 Å². The summed E-state index contributed by atoms with van der Waals surface area (Å²) in [5.74, 6) is 0. The first kappa shape index (κ1) is 14.4. The van der Waals surface area contributed by atoms with Gasteiger partial charge in [0.05, 0.1) is 6.10 Å². The Balaban J connectivity index is 2.67. The van der Waals surface area contributed by atoms with Crippen LogP contribution in [0.3, 0.4) is 0 Å². The van der Waals surface area contributed by atoms with E-state index in [2.05, 4.69) is 19.1 Å². The van der Waals surface area contributed by atoms with E-state index in [4.69, 9.17) is 14.3 Å². The molecule has 1 aromatic carbocycles. The topological polar surface area (TPSA) is 44.5 Å². The Bertz CT molecular complexity index is 312. The summed E-state index contributed by atoms with van der Waals surface area (Å²) in [6.45, 7) is 6.70. The minimum absolute atomic E-state index is 0.00836. The Morgan fingerprint density at radius 1 is 1.24 bits per heavy atom. The molecule has 0 amide bonds. The maximum absolute atomic E-state index is 6.25. The van der Waals surface area contributed by atoms with Crippen molar-refractivity contribution in [3.8, 4) is 0 Å². The number of hydrogen-bond donors (Lipinski definition) is 1. The third-order valence-corrected chi connectivity index (χ3v) is 5.36. The summed E-state index contributed by atoms with van der Waals surface area (Å²) < 4.78 is 11.7. The van der Waals surface area contributed by atoms with E-state index >= 15 is 0 Å². The third-order valence-electron chi connectivity index (χ3n) is 2.63. The van der Waals surface area contributed by atoms with E-state index in [-0.39, 0.29) is 6.10 Å². The molecule has 4 heteroatoms. The summed E-state index contributed by atoms with van der Waals surface area (Å²) in [4.78, 5) is 0. The summed E-state index contributed by atoms with van der Waals surface area (Å²) >= 11 is 0. The number of benzene rings is 1. The minimum atomic E-state index is -2.50. The molecule has 96 valence electrons. The molecule has 17 heavy (non-hydrogen) atoms. The van der Waals surface area contributed by atoms with Crippen LogP contribution in [0.25, 0.3) is 0 Å². The van der Waals surface area contributed by atoms with Gasteiger partial charge in [-0.05, 0) is 19.4 Å². The predicted octanol–water partition coefficient (Wildman–Crippen LogP) is 3.11. The maximum Gasteiger partial charge on any atom is 0.422 e. The van der Waals surface area contributed by atoms with Crippen molar-refractivity contribution in [2.24, 2.45) is 5.40 Å². The lowest BCUT2D eigenvalue weighted by atomic mass is 10.1. The van der Waals surface area contributed by atoms with E-state index in [0.717, 1.165) is 18.0 Å². The summed E-state index contributed by atoms with van der Waals surface area (Å²) in [7, 11) is -2.50. The van der Waals surface area contributed by atoms with Crippen LogP contribution in [0.1, 0.15) is 38.9 Å². The molecule has 0 aliphatic rings. The van der Waals surface area contributed by atoms with E-state index in [1.165, 1.54) is 0 Å². The SMILES string of the molecule is CCC[Si](N)(OCC)OC(C)c1ccccc1. The molecule has 0 fully saturated rings. The molecular formula is C13H23NO2Si. The fourth-order valence-corrected chi connectivity index (χ4v) is 4.10. The Morgan fingerprint density at radius 2 is 1.88 bits per heavy atom.